The quantitative estimate of drug-likeness (QED) is 0.0955. The van der Waals surface area contributed by atoms with Crippen molar-refractivity contribution in [3.05, 3.63) is 63.7 Å². The summed E-state index contributed by atoms with van der Waals surface area (Å²) in [5, 5.41) is 17.2. The Kier molecular flexibility index (Phi) is 21.1. The van der Waals surface area contributed by atoms with E-state index in [2.05, 4.69) is 142 Å². The zero-order chi connectivity index (χ0) is 28.2. The van der Waals surface area contributed by atoms with E-state index in [-0.39, 0.29) is 18.2 Å². The fourth-order valence-electron chi connectivity index (χ4n) is 2.30. The standard InChI is InChI=1S/C13H15I3O3.C7H2ClI3O.C4H9O/c1-3-9(4-7(2)17)19-13(18)10-5-8(14)6-11(15)12(10)16;8-7(12)4-1-3(9)2-5(10)6(4)11;1-3-4(2)5/h5-7,9,17H,3-4H2,1-2H3;1-2H;4-5H,2-3H2,1H3/q;;+1. The number of hydrogen-bond donors (Lipinski definition) is 2. The Balaban J connectivity index is 0.000000611. The molecular weight excluding hydrogens is 1170 g/mol. The number of carbonyl (C=O) groups is 2. The number of aliphatic hydroxyl groups is 2. The van der Waals surface area contributed by atoms with Gasteiger partial charge in [0, 0.05) is 39.8 Å². The van der Waals surface area contributed by atoms with Gasteiger partial charge in [-0.2, -0.15) is 0 Å². The van der Waals surface area contributed by atoms with Gasteiger partial charge in [0.25, 0.3) is 5.24 Å². The van der Waals surface area contributed by atoms with Crippen LogP contribution < -0.4 is 0 Å². The maximum atomic E-state index is 12.2. The van der Waals surface area contributed by atoms with Gasteiger partial charge < -0.3 is 14.9 Å². The van der Waals surface area contributed by atoms with E-state index in [0.717, 1.165) is 27.8 Å². The smallest absolute Gasteiger partial charge is 0.339 e. The topological polar surface area (TPSA) is 83.8 Å². The van der Waals surface area contributed by atoms with E-state index < -0.39 is 11.3 Å². The summed E-state index contributed by atoms with van der Waals surface area (Å²) in [4.78, 5) is 23.1. The monoisotopic (exact) mass is 1190 g/mol. The van der Waals surface area contributed by atoms with Gasteiger partial charge in [-0.3, -0.25) is 4.79 Å². The second kappa shape index (κ2) is 20.0. The average molecular weight is 1190 g/mol. The molecule has 36 heavy (non-hydrogen) atoms. The van der Waals surface area contributed by atoms with Gasteiger partial charge >= 0.3 is 5.97 Å². The Hall–Kier alpha value is 2.04. The van der Waals surface area contributed by atoms with Crippen molar-refractivity contribution in [3.8, 4) is 0 Å². The zero-order valence-electron chi connectivity index (χ0n) is 19.6. The van der Waals surface area contributed by atoms with Crippen LogP contribution in [0, 0.1) is 28.3 Å². The Morgan fingerprint density at radius 3 is 1.67 bits per heavy atom. The minimum atomic E-state index is -0.465. The third kappa shape index (κ3) is 15.2. The molecule has 200 valence electrons. The molecule has 2 aromatic rings. The summed E-state index contributed by atoms with van der Waals surface area (Å²) in [6.45, 7) is 8.85. The molecule has 5 nitrogen and oxygen atoms in total. The third-order valence-corrected chi connectivity index (χ3v) is 11.8. The molecule has 0 fully saturated rings. The van der Waals surface area contributed by atoms with E-state index >= 15 is 0 Å². The number of esters is 1. The van der Waals surface area contributed by atoms with Crippen LogP contribution in [0.4, 0.5) is 0 Å². The van der Waals surface area contributed by atoms with E-state index in [1.54, 1.807) is 13.0 Å². The number of hydrogen-bond acceptors (Lipinski definition) is 5. The number of halogens is 7. The predicted molar refractivity (Wildman–Crippen MR) is 197 cm³/mol. The molecule has 3 unspecified atom stereocenters. The van der Waals surface area contributed by atoms with E-state index in [1.165, 1.54) is 0 Å². The Morgan fingerprint density at radius 1 is 0.889 bits per heavy atom. The highest BCUT2D eigenvalue weighted by atomic mass is 127. The summed E-state index contributed by atoms with van der Waals surface area (Å²) in [6, 6.07) is 7.65. The first-order valence-electron chi connectivity index (χ1n) is 10.5. The number of ether oxygens (including phenoxy) is 1. The second-order valence-corrected chi connectivity index (χ2v) is 14.7. The lowest BCUT2D eigenvalue weighted by Crippen LogP contribution is -2.22. The van der Waals surface area contributed by atoms with E-state index in [9.17, 15) is 14.7 Å². The SMILES string of the molecule is CCC(CC(C)O)OC(=O)c1cc(I)cc(I)c1I.O=C(Cl)c1cc(I)cc(I)c1I.[CH2+]C(O)CC. The van der Waals surface area contributed by atoms with Crippen molar-refractivity contribution >= 4 is 158 Å². The molecule has 0 radical (unpaired) electrons. The molecule has 2 aromatic carbocycles. The molecule has 2 N–H and O–H groups in total. The number of aliphatic hydroxyl groups excluding tert-OH is 2. The van der Waals surface area contributed by atoms with Crippen LogP contribution in [0.25, 0.3) is 0 Å². The summed E-state index contributed by atoms with van der Waals surface area (Å²) < 4.78 is 11.5. The van der Waals surface area contributed by atoms with Crippen LogP contribution in [0.2, 0.25) is 0 Å². The molecular formula is C24H26ClI6O5+. The number of rotatable bonds is 7. The fraction of sp³-hybridized carbons (Fsp3) is 0.375. The molecule has 0 aliphatic heterocycles. The summed E-state index contributed by atoms with van der Waals surface area (Å²) in [5.41, 5.74) is 1.19. The summed E-state index contributed by atoms with van der Waals surface area (Å²) in [7, 11) is 0. The van der Waals surface area contributed by atoms with Crippen molar-refractivity contribution in [1.82, 2.24) is 0 Å². The van der Waals surface area contributed by atoms with Gasteiger partial charge in [0.1, 0.15) is 6.10 Å². The summed E-state index contributed by atoms with van der Waals surface area (Å²) >= 11 is 18.4. The number of carbonyl (C=O) groups excluding carboxylic acids is 2. The maximum Gasteiger partial charge on any atom is 0.339 e. The zero-order valence-corrected chi connectivity index (χ0v) is 33.3. The molecule has 0 aliphatic carbocycles. The van der Waals surface area contributed by atoms with Crippen LogP contribution in [0.5, 0.6) is 0 Å². The highest BCUT2D eigenvalue weighted by molar-refractivity contribution is 14.1. The Labute approximate surface area is 300 Å². The molecule has 12 heteroatoms. The highest BCUT2D eigenvalue weighted by Gasteiger charge is 2.20. The molecule has 3 atom stereocenters. The lowest BCUT2D eigenvalue weighted by Gasteiger charge is -2.18. The minimum Gasteiger partial charge on any atom is -0.459 e. The van der Waals surface area contributed by atoms with Crippen LogP contribution in [-0.2, 0) is 4.74 Å². The second-order valence-electron chi connectivity index (χ2n) is 7.35. The lowest BCUT2D eigenvalue weighted by atomic mass is 10.1. The molecule has 0 aliphatic rings. The van der Waals surface area contributed by atoms with Gasteiger partial charge in [0.05, 0.1) is 18.6 Å². The molecule has 0 saturated carbocycles. The Bertz CT molecular complexity index is 1020. The van der Waals surface area contributed by atoms with Gasteiger partial charge in [-0.15, -0.1) is 0 Å². The van der Waals surface area contributed by atoms with Crippen LogP contribution in [0.3, 0.4) is 0 Å². The average Bonchev–Trinajstić information content (AvgIpc) is 2.78. The summed E-state index contributed by atoms with van der Waals surface area (Å²) in [6.07, 6.45) is 0.857. The van der Waals surface area contributed by atoms with Crippen molar-refractivity contribution in [2.24, 2.45) is 0 Å². The maximum absolute atomic E-state index is 12.2. The number of benzene rings is 2. The highest BCUT2D eigenvalue weighted by Crippen LogP contribution is 2.25. The minimum absolute atomic E-state index is 0.237. The molecule has 0 aromatic heterocycles. The van der Waals surface area contributed by atoms with Crippen molar-refractivity contribution < 1.29 is 24.5 Å². The van der Waals surface area contributed by atoms with Gasteiger partial charge in [-0.25, -0.2) is 4.79 Å². The third-order valence-electron chi connectivity index (χ3n) is 4.22. The molecule has 0 amide bonds. The van der Waals surface area contributed by atoms with E-state index in [0.29, 0.717) is 24.0 Å². The Morgan fingerprint density at radius 2 is 1.31 bits per heavy atom. The first kappa shape index (κ1) is 38.0. The van der Waals surface area contributed by atoms with Crippen LogP contribution in [0.1, 0.15) is 60.7 Å². The van der Waals surface area contributed by atoms with Crippen LogP contribution in [0.15, 0.2) is 24.3 Å². The molecule has 2 rings (SSSR count). The van der Waals surface area contributed by atoms with Crippen molar-refractivity contribution in [1.29, 1.82) is 0 Å². The van der Waals surface area contributed by atoms with Gasteiger partial charge in [0.15, 0.2) is 6.10 Å². The molecule has 0 saturated heterocycles. The van der Waals surface area contributed by atoms with Gasteiger partial charge in [0.2, 0.25) is 0 Å². The van der Waals surface area contributed by atoms with Gasteiger partial charge in [-0.05, 0) is 185 Å². The molecule has 0 bridgehead atoms. The fourth-order valence-corrected chi connectivity index (χ4v) is 7.38. The van der Waals surface area contributed by atoms with E-state index in [4.69, 9.17) is 21.4 Å². The molecule has 0 heterocycles. The van der Waals surface area contributed by atoms with Crippen molar-refractivity contribution in [2.75, 3.05) is 0 Å². The largest absolute Gasteiger partial charge is 0.459 e. The van der Waals surface area contributed by atoms with Crippen LogP contribution in [-0.4, -0.2) is 39.7 Å². The van der Waals surface area contributed by atoms with Crippen LogP contribution >= 0.6 is 147 Å². The summed E-state index contributed by atoms with van der Waals surface area (Å²) in [5.74, 6) is -0.312. The van der Waals surface area contributed by atoms with Crippen molar-refractivity contribution in [2.45, 2.75) is 58.3 Å². The first-order valence-corrected chi connectivity index (χ1v) is 17.4. The molecule has 0 spiro atoms. The van der Waals surface area contributed by atoms with Gasteiger partial charge in [-0.1, -0.05) is 13.8 Å². The van der Waals surface area contributed by atoms with E-state index in [1.807, 2.05) is 32.0 Å². The van der Waals surface area contributed by atoms with Crippen molar-refractivity contribution in [3.63, 3.8) is 0 Å². The lowest BCUT2D eigenvalue weighted by molar-refractivity contribution is 0.0157. The predicted octanol–water partition coefficient (Wildman–Crippen LogP) is 8.68. The normalized spacial score (nSPS) is 12.8. The first-order chi connectivity index (χ1) is 16.6.